The Hall–Kier alpha value is -2.11. The molecule has 1 aromatic heterocycles. The molecule has 0 aliphatic rings. The second-order valence-electron chi connectivity index (χ2n) is 6.53. The normalized spacial score (nSPS) is 11.7. The molecular formula is C15H22N2O4. The summed E-state index contributed by atoms with van der Waals surface area (Å²) in [5.41, 5.74) is -0.977. The molecule has 0 spiro atoms. The molecule has 0 fully saturated rings. The molecule has 0 saturated carbocycles. The molecule has 0 bridgehead atoms. The van der Waals surface area contributed by atoms with Gasteiger partial charge in [0.15, 0.2) is 5.69 Å². The Bertz CT molecular complexity index is 527. The molecule has 1 aromatic rings. The van der Waals surface area contributed by atoms with Gasteiger partial charge in [0.1, 0.15) is 11.2 Å². The van der Waals surface area contributed by atoms with Crippen molar-refractivity contribution in [2.45, 2.75) is 52.7 Å². The van der Waals surface area contributed by atoms with Gasteiger partial charge in [0.05, 0.1) is 5.69 Å². The lowest BCUT2D eigenvalue weighted by Gasteiger charge is -2.21. The van der Waals surface area contributed by atoms with Gasteiger partial charge in [-0.05, 0) is 53.7 Å². The van der Waals surface area contributed by atoms with Gasteiger partial charge in [-0.3, -0.25) is 5.32 Å². The van der Waals surface area contributed by atoms with Crippen molar-refractivity contribution in [2.75, 3.05) is 5.32 Å². The molecule has 0 aliphatic heterocycles. The third-order valence-corrected chi connectivity index (χ3v) is 2.04. The standard InChI is InChI=1S/C15H22N2O4/c1-14(2,3)20-12(18)11-10(8-7-9-16-11)17-13(19)21-15(4,5)6/h7-9H,1-6H3,(H,17,19). The number of hydrogen-bond acceptors (Lipinski definition) is 5. The number of anilines is 1. The first-order valence-corrected chi connectivity index (χ1v) is 6.66. The van der Waals surface area contributed by atoms with Crippen LogP contribution in [0.3, 0.4) is 0 Å². The van der Waals surface area contributed by atoms with Crippen LogP contribution < -0.4 is 5.32 Å². The number of aromatic nitrogens is 1. The van der Waals surface area contributed by atoms with Crippen LogP contribution in [0.4, 0.5) is 10.5 Å². The van der Waals surface area contributed by atoms with Crippen molar-refractivity contribution in [1.82, 2.24) is 4.98 Å². The lowest BCUT2D eigenvalue weighted by molar-refractivity contribution is 0.00642. The molecule has 1 rings (SSSR count). The van der Waals surface area contributed by atoms with Crippen LogP contribution in [0.15, 0.2) is 18.3 Å². The monoisotopic (exact) mass is 294 g/mol. The number of nitrogens with one attached hydrogen (secondary N) is 1. The van der Waals surface area contributed by atoms with Gasteiger partial charge in [-0.1, -0.05) is 0 Å². The first-order chi connectivity index (χ1) is 9.48. The van der Waals surface area contributed by atoms with Crippen molar-refractivity contribution >= 4 is 17.7 Å². The van der Waals surface area contributed by atoms with Crippen molar-refractivity contribution in [3.05, 3.63) is 24.0 Å². The fourth-order valence-corrected chi connectivity index (χ4v) is 1.41. The molecular weight excluding hydrogens is 272 g/mol. The average molecular weight is 294 g/mol. The van der Waals surface area contributed by atoms with E-state index in [1.54, 1.807) is 53.7 Å². The van der Waals surface area contributed by atoms with Gasteiger partial charge in [0.25, 0.3) is 0 Å². The number of amides is 1. The van der Waals surface area contributed by atoms with E-state index in [-0.39, 0.29) is 11.4 Å². The van der Waals surface area contributed by atoms with E-state index in [0.717, 1.165) is 0 Å². The number of ether oxygens (including phenoxy) is 2. The van der Waals surface area contributed by atoms with Gasteiger partial charge >= 0.3 is 12.1 Å². The summed E-state index contributed by atoms with van der Waals surface area (Å²) in [5, 5.41) is 2.51. The molecule has 0 radical (unpaired) electrons. The molecule has 1 amide bonds. The number of pyridine rings is 1. The highest BCUT2D eigenvalue weighted by Crippen LogP contribution is 2.18. The largest absolute Gasteiger partial charge is 0.455 e. The summed E-state index contributed by atoms with van der Waals surface area (Å²) in [5.74, 6) is -0.603. The second-order valence-corrected chi connectivity index (χ2v) is 6.53. The molecule has 6 heteroatoms. The van der Waals surface area contributed by atoms with Gasteiger partial charge in [-0.15, -0.1) is 0 Å². The Kier molecular flexibility index (Phi) is 4.93. The summed E-state index contributed by atoms with van der Waals surface area (Å²) in [6.45, 7) is 10.5. The van der Waals surface area contributed by atoms with Gasteiger partial charge < -0.3 is 9.47 Å². The third kappa shape index (κ3) is 6.25. The summed E-state index contributed by atoms with van der Waals surface area (Å²) < 4.78 is 10.4. The Balaban J connectivity index is 2.90. The van der Waals surface area contributed by atoms with E-state index in [9.17, 15) is 9.59 Å². The Morgan fingerprint density at radius 1 is 1.05 bits per heavy atom. The van der Waals surface area contributed by atoms with Crippen LogP contribution in [0.2, 0.25) is 0 Å². The maximum atomic E-state index is 12.1. The van der Waals surface area contributed by atoms with Crippen molar-refractivity contribution in [1.29, 1.82) is 0 Å². The summed E-state index contributed by atoms with van der Waals surface area (Å²) in [7, 11) is 0. The lowest BCUT2D eigenvalue weighted by Crippen LogP contribution is -2.29. The number of carbonyl (C=O) groups excluding carboxylic acids is 2. The molecule has 0 aromatic carbocycles. The summed E-state index contributed by atoms with van der Waals surface area (Å²) in [4.78, 5) is 27.8. The Morgan fingerprint density at radius 2 is 1.62 bits per heavy atom. The quantitative estimate of drug-likeness (QED) is 0.846. The highest BCUT2D eigenvalue weighted by Gasteiger charge is 2.23. The zero-order valence-corrected chi connectivity index (χ0v) is 13.3. The fraction of sp³-hybridized carbons (Fsp3) is 0.533. The third-order valence-electron chi connectivity index (χ3n) is 2.04. The lowest BCUT2D eigenvalue weighted by atomic mass is 10.2. The van der Waals surface area contributed by atoms with Crippen LogP contribution in [0.5, 0.6) is 0 Å². The van der Waals surface area contributed by atoms with Crippen molar-refractivity contribution in [3.8, 4) is 0 Å². The minimum Gasteiger partial charge on any atom is -0.455 e. The van der Waals surface area contributed by atoms with Gasteiger partial charge in [-0.25, -0.2) is 14.6 Å². The molecule has 0 saturated heterocycles. The maximum Gasteiger partial charge on any atom is 0.412 e. The number of esters is 1. The van der Waals surface area contributed by atoms with E-state index in [1.807, 2.05) is 0 Å². The van der Waals surface area contributed by atoms with Gasteiger partial charge in [0.2, 0.25) is 0 Å². The predicted octanol–water partition coefficient (Wildman–Crippen LogP) is 3.38. The zero-order valence-electron chi connectivity index (χ0n) is 13.3. The topological polar surface area (TPSA) is 77.5 Å². The smallest absolute Gasteiger partial charge is 0.412 e. The summed E-state index contributed by atoms with van der Waals surface area (Å²) in [6.07, 6.45) is 0.805. The Labute approximate surface area is 124 Å². The van der Waals surface area contributed by atoms with E-state index < -0.39 is 23.3 Å². The summed E-state index contributed by atoms with van der Waals surface area (Å²) >= 11 is 0. The van der Waals surface area contributed by atoms with Crippen LogP contribution in [0.25, 0.3) is 0 Å². The van der Waals surface area contributed by atoms with Crippen LogP contribution in [-0.4, -0.2) is 28.2 Å². The molecule has 0 aliphatic carbocycles. The SMILES string of the molecule is CC(C)(C)OC(=O)Nc1cccnc1C(=O)OC(C)(C)C. The predicted molar refractivity (Wildman–Crippen MR) is 79.3 cm³/mol. The highest BCUT2D eigenvalue weighted by atomic mass is 16.6. The van der Waals surface area contributed by atoms with Crippen molar-refractivity contribution in [3.63, 3.8) is 0 Å². The molecule has 21 heavy (non-hydrogen) atoms. The average Bonchev–Trinajstić information content (AvgIpc) is 2.24. The molecule has 6 nitrogen and oxygen atoms in total. The second kappa shape index (κ2) is 6.11. The van der Waals surface area contributed by atoms with E-state index in [0.29, 0.717) is 0 Å². The van der Waals surface area contributed by atoms with Crippen LogP contribution in [0, 0.1) is 0 Å². The first kappa shape index (κ1) is 16.9. The minimum atomic E-state index is -0.652. The highest BCUT2D eigenvalue weighted by molar-refractivity contribution is 5.98. The van der Waals surface area contributed by atoms with E-state index in [2.05, 4.69) is 10.3 Å². The van der Waals surface area contributed by atoms with Crippen LogP contribution in [-0.2, 0) is 9.47 Å². The fourth-order valence-electron chi connectivity index (χ4n) is 1.41. The summed E-state index contributed by atoms with van der Waals surface area (Å²) in [6, 6.07) is 3.18. The molecule has 116 valence electrons. The van der Waals surface area contributed by atoms with E-state index in [1.165, 1.54) is 6.20 Å². The number of nitrogens with zero attached hydrogens (tertiary/aromatic N) is 1. The van der Waals surface area contributed by atoms with Gasteiger partial charge in [-0.2, -0.15) is 0 Å². The molecule has 1 heterocycles. The van der Waals surface area contributed by atoms with Crippen molar-refractivity contribution < 1.29 is 19.1 Å². The van der Waals surface area contributed by atoms with Crippen LogP contribution in [0.1, 0.15) is 52.0 Å². The first-order valence-electron chi connectivity index (χ1n) is 6.66. The van der Waals surface area contributed by atoms with Crippen molar-refractivity contribution in [2.24, 2.45) is 0 Å². The minimum absolute atomic E-state index is 0.0401. The van der Waals surface area contributed by atoms with Gasteiger partial charge in [0, 0.05) is 6.20 Å². The van der Waals surface area contributed by atoms with Crippen LogP contribution >= 0.6 is 0 Å². The number of rotatable bonds is 2. The molecule has 0 unspecified atom stereocenters. The number of carbonyl (C=O) groups is 2. The van der Waals surface area contributed by atoms with E-state index >= 15 is 0 Å². The molecule has 1 N–H and O–H groups in total. The number of hydrogen-bond donors (Lipinski definition) is 1. The van der Waals surface area contributed by atoms with E-state index in [4.69, 9.17) is 9.47 Å². The Morgan fingerprint density at radius 3 is 2.14 bits per heavy atom. The maximum absolute atomic E-state index is 12.1. The molecule has 0 atom stereocenters. The zero-order chi connectivity index (χ0) is 16.3.